The molecule has 0 spiro atoms. The number of likely N-dealkylation sites (tertiary alicyclic amines) is 1. The van der Waals surface area contributed by atoms with Crippen LogP contribution in [0.3, 0.4) is 0 Å². The molecule has 0 aromatic carbocycles. The summed E-state index contributed by atoms with van der Waals surface area (Å²) >= 11 is 0. The Labute approximate surface area is 210 Å². The van der Waals surface area contributed by atoms with Crippen molar-refractivity contribution in [3.63, 3.8) is 0 Å². The molecule has 7 nitrogen and oxygen atoms in total. The van der Waals surface area contributed by atoms with Crippen LogP contribution in [0, 0.1) is 5.92 Å². The van der Waals surface area contributed by atoms with Crippen LogP contribution in [-0.4, -0.2) is 63.8 Å². The lowest BCUT2D eigenvalue weighted by atomic mass is 9.87. The van der Waals surface area contributed by atoms with Gasteiger partial charge in [-0.2, -0.15) is 5.10 Å². The van der Waals surface area contributed by atoms with E-state index in [0.717, 1.165) is 55.2 Å². The Balaban J connectivity index is 1.22. The Bertz CT molecular complexity index is 989. The number of rotatable bonds is 5. The van der Waals surface area contributed by atoms with Crippen molar-refractivity contribution in [2.45, 2.75) is 96.1 Å². The molecule has 1 N–H and O–H groups in total. The molecule has 3 aliphatic rings. The molecule has 192 valence electrons. The molecule has 35 heavy (non-hydrogen) atoms. The third-order valence-corrected chi connectivity index (χ3v) is 8.63. The van der Waals surface area contributed by atoms with Crippen molar-refractivity contribution >= 4 is 22.8 Å². The summed E-state index contributed by atoms with van der Waals surface area (Å²) < 4.78 is 1.77. The zero-order chi connectivity index (χ0) is 24.2. The van der Waals surface area contributed by atoms with E-state index in [1.54, 1.807) is 4.68 Å². The molecule has 1 amide bonds. The number of anilines is 1. The number of hydrogen-bond donors (Lipinski definition) is 1. The second-order valence-electron chi connectivity index (χ2n) is 11.3. The number of nitrogens with one attached hydrogen (secondary N) is 1. The Morgan fingerprint density at radius 1 is 0.971 bits per heavy atom. The number of pyridine rings is 1. The number of hydrogen-bond acceptors (Lipinski definition) is 5. The third-order valence-electron chi connectivity index (χ3n) is 8.63. The molecule has 4 heterocycles. The van der Waals surface area contributed by atoms with Crippen LogP contribution in [-0.2, 0) is 7.05 Å². The van der Waals surface area contributed by atoms with Crippen molar-refractivity contribution in [3.05, 3.63) is 17.8 Å². The quantitative estimate of drug-likeness (QED) is 0.659. The maximum atomic E-state index is 13.3. The fourth-order valence-corrected chi connectivity index (χ4v) is 6.52. The summed E-state index contributed by atoms with van der Waals surface area (Å²) in [6, 6.07) is 4.85. The monoisotopic (exact) mass is 480 g/mol. The van der Waals surface area contributed by atoms with Gasteiger partial charge in [-0.1, -0.05) is 38.5 Å². The largest absolute Gasteiger partial charge is 0.357 e. The Kier molecular flexibility index (Phi) is 7.91. The zero-order valence-electron chi connectivity index (χ0n) is 21.8. The number of carbonyl (C=O) groups is 1. The van der Waals surface area contributed by atoms with Crippen LogP contribution in [0.4, 0.5) is 5.82 Å². The molecule has 1 saturated carbocycles. The summed E-state index contributed by atoms with van der Waals surface area (Å²) in [5.41, 5.74) is 1.30. The lowest BCUT2D eigenvalue weighted by Gasteiger charge is -2.40. The smallest absolute Gasteiger partial charge is 0.272 e. The molecular formula is C28H44N6O. The van der Waals surface area contributed by atoms with Gasteiger partial charge in [0, 0.05) is 45.3 Å². The Morgan fingerprint density at radius 2 is 1.69 bits per heavy atom. The fraction of sp³-hybridized carbons (Fsp3) is 0.750. The van der Waals surface area contributed by atoms with Gasteiger partial charge < -0.3 is 15.1 Å². The average Bonchev–Trinajstić information content (AvgIpc) is 3.17. The van der Waals surface area contributed by atoms with Gasteiger partial charge in [0.05, 0.1) is 5.39 Å². The fourth-order valence-electron chi connectivity index (χ4n) is 6.52. The Morgan fingerprint density at radius 3 is 2.43 bits per heavy atom. The van der Waals surface area contributed by atoms with E-state index in [1.165, 1.54) is 70.8 Å². The summed E-state index contributed by atoms with van der Waals surface area (Å²) in [4.78, 5) is 23.3. The van der Waals surface area contributed by atoms with Crippen LogP contribution in [0.15, 0.2) is 12.1 Å². The number of fused-ring (bicyclic) bond motifs is 1. The summed E-state index contributed by atoms with van der Waals surface area (Å²) in [7, 11) is 1.90. The van der Waals surface area contributed by atoms with E-state index in [1.807, 2.05) is 13.1 Å². The van der Waals surface area contributed by atoms with E-state index in [4.69, 9.17) is 4.98 Å². The molecule has 2 aliphatic heterocycles. The lowest BCUT2D eigenvalue weighted by molar-refractivity contribution is 0.0827. The molecule has 0 bridgehead atoms. The van der Waals surface area contributed by atoms with Crippen LogP contribution in [0.1, 0.15) is 94.5 Å². The summed E-state index contributed by atoms with van der Waals surface area (Å²) in [5.74, 6) is 1.82. The second-order valence-corrected chi connectivity index (χ2v) is 11.3. The van der Waals surface area contributed by atoms with E-state index in [9.17, 15) is 4.79 Å². The topological polar surface area (TPSA) is 66.3 Å². The molecule has 0 radical (unpaired) electrons. The van der Waals surface area contributed by atoms with E-state index in [2.05, 4.69) is 33.2 Å². The Hall–Kier alpha value is -2.15. The number of aryl methyl sites for hydroxylation is 1. The third kappa shape index (κ3) is 5.82. The predicted octanol–water partition coefficient (Wildman–Crippen LogP) is 4.90. The first-order valence-electron chi connectivity index (χ1n) is 14.2. The standard InChI is InChI=1S/C28H44N6O/c1-21-19-23(15-18-34(21)20-22-11-7-6-8-12-22)29-28(35)26-24-13-14-25(30-27(24)32(2)31-26)33-16-9-4-3-5-10-17-33/h13-14,21-23H,3-12,15-20H2,1-2H3,(H,29,35). The predicted molar refractivity (Wildman–Crippen MR) is 142 cm³/mol. The molecule has 2 saturated heterocycles. The van der Waals surface area contributed by atoms with Crippen molar-refractivity contribution in [1.82, 2.24) is 25.0 Å². The molecular weight excluding hydrogens is 436 g/mol. The summed E-state index contributed by atoms with van der Waals surface area (Å²) in [6.45, 7) is 6.75. The molecule has 2 atom stereocenters. The van der Waals surface area contributed by atoms with Crippen molar-refractivity contribution in [1.29, 1.82) is 0 Å². The van der Waals surface area contributed by atoms with Crippen LogP contribution >= 0.6 is 0 Å². The van der Waals surface area contributed by atoms with Crippen molar-refractivity contribution in [3.8, 4) is 0 Å². The van der Waals surface area contributed by atoms with E-state index in [-0.39, 0.29) is 11.9 Å². The molecule has 2 aromatic heterocycles. The van der Waals surface area contributed by atoms with E-state index < -0.39 is 0 Å². The van der Waals surface area contributed by atoms with Crippen molar-refractivity contribution < 1.29 is 4.79 Å². The minimum Gasteiger partial charge on any atom is -0.357 e. The van der Waals surface area contributed by atoms with Gasteiger partial charge in [0.25, 0.3) is 5.91 Å². The molecule has 1 aliphatic carbocycles. The maximum Gasteiger partial charge on any atom is 0.272 e. The SMILES string of the molecule is CC1CC(NC(=O)c2nn(C)c3nc(N4CCCCCCC4)ccc23)CCN1CC1CCCCC1. The highest BCUT2D eigenvalue weighted by Crippen LogP contribution is 2.28. The van der Waals surface area contributed by atoms with Gasteiger partial charge >= 0.3 is 0 Å². The van der Waals surface area contributed by atoms with E-state index in [0.29, 0.717) is 11.7 Å². The highest BCUT2D eigenvalue weighted by molar-refractivity contribution is 6.04. The highest BCUT2D eigenvalue weighted by atomic mass is 16.2. The number of amides is 1. The molecule has 2 aromatic rings. The van der Waals surface area contributed by atoms with Gasteiger partial charge in [-0.25, -0.2) is 9.67 Å². The van der Waals surface area contributed by atoms with E-state index >= 15 is 0 Å². The molecule has 7 heteroatoms. The molecule has 2 unspecified atom stereocenters. The minimum atomic E-state index is -0.0608. The van der Waals surface area contributed by atoms with Crippen LogP contribution in [0.5, 0.6) is 0 Å². The zero-order valence-corrected chi connectivity index (χ0v) is 21.8. The van der Waals surface area contributed by atoms with Crippen LogP contribution in [0.25, 0.3) is 11.0 Å². The van der Waals surface area contributed by atoms with Gasteiger partial charge in [-0.3, -0.25) is 4.79 Å². The van der Waals surface area contributed by atoms with Crippen molar-refractivity contribution in [2.75, 3.05) is 31.1 Å². The second kappa shape index (κ2) is 11.3. The number of nitrogens with zero attached hydrogens (tertiary/aromatic N) is 5. The minimum absolute atomic E-state index is 0.0608. The number of piperidine rings is 1. The number of aromatic nitrogens is 3. The molecule has 3 fully saturated rings. The lowest BCUT2D eigenvalue weighted by Crippen LogP contribution is -2.50. The average molecular weight is 481 g/mol. The number of carbonyl (C=O) groups excluding carboxylic acids is 1. The van der Waals surface area contributed by atoms with Gasteiger partial charge in [-0.05, 0) is 63.5 Å². The van der Waals surface area contributed by atoms with Gasteiger partial charge in [-0.15, -0.1) is 0 Å². The van der Waals surface area contributed by atoms with Crippen LogP contribution in [0.2, 0.25) is 0 Å². The normalized spacial score (nSPS) is 25.4. The first kappa shape index (κ1) is 24.5. The summed E-state index contributed by atoms with van der Waals surface area (Å²) in [5, 5.41) is 8.76. The molecule has 5 rings (SSSR count). The first-order valence-corrected chi connectivity index (χ1v) is 14.2. The van der Waals surface area contributed by atoms with Gasteiger partial charge in [0.15, 0.2) is 11.3 Å². The summed E-state index contributed by atoms with van der Waals surface area (Å²) in [6.07, 6.45) is 15.4. The maximum absolute atomic E-state index is 13.3. The van der Waals surface area contributed by atoms with Gasteiger partial charge in [0.1, 0.15) is 5.82 Å². The highest BCUT2D eigenvalue weighted by Gasteiger charge is 2.30. The van der Waals surface area contributed by atoms with Gasteiger partial charge in [0.2, 0.25) is 0 Å². The first-order chi connectivity index (χ1) is 17.1. The van der Waals surface area contributed by atoms with Crippen molar-refractivity contribution in [2.24, 2.45) is 13.0 Å². The van der Waals surface area contributed by atoms with Crippen LogP contribution < -0.4 is 10.2 Å².